The van der Waals surface area contributed by atoms with Gasteiger partial charge in [0.25, 0.3) is 5.56 Å². The number of carbonyl (C=O) groups excluding carboxylic acids is 1. The van der Waals surface area contributed by atoms with E-state index in [1.165, 1.54) is 11.8 Å². The van der Waals surface area contributed by atoms with Gasteiger partial charge in [0.2, 0.25) is 11.5 Å². The second-order valence-electron chi connectivity index (χ2n) is 8.37. The highest BCUT2D eigenvalue weighted by atomic mass is 32.2. The Morgan fingerprint density at radius 1 is 1.16 bits per heavy atom. The maximum Gasteiger partial charge on any atom is 0.298 e. The van der Waals surface area contributed by atoms with E-state index in [0.29, 0.717) is 21.8 Å². The number of nitrogens with zero attached hydrogens (tertiary/aromatic N) is 2. The fourth-order valence-corrected chi connectivity index (χ4v) is 5.28. The summed E-state index contributed by atoms with van der Waals surface area (Å²) in [6.07, 6.45) is 4.06. The minimum atomic E-state index is -0.157. The van der Waals surface area contributed by atoms with Crippen molar-refractivity contribution in [3.63, 3.8) is 0 Å². The van der Waals surface area contributed by atoms with Crippen LogP contribution in [0.4, 0.5) is 5.69 Å². The third-order valence-corrected chi connectivity index (χ3v) is 7.25. The monoisotopic (exact) mass is 447 g/mol. The molecule has 5 rings (SSSR count). The van der Waals surface area contributed by atoms with Crippen LogP contribution in [0.15, 0.2) is 56.8 Å². The van der Waals surface area contributed by atoms with Crippen LogP contribution in [0.25, 0.3) is 22.1 Å². The number of amides is 1. The van der Waals surface area contributed by atoms with Crippen molar-refractivity contribution in [2.75, 3.05) is 11.1 Å². The Balaban J connectivity index is 1.49. The normalized spacial score (nSPS) is 14.4. The van der Waals surface area contributed by atoms with Gasteiger partial charge in [-0.2, -0.15) is 0 Å². The highest BCUT2D eigenvalue weighted by Crippen LogP contribution is 2.34. The van der Waals surface area contributed by atoms with Crippen molar-refractivity contribution >= 4 is 45.4 Å². The number of benzene rings is 2. The van der Waals surface area contributed by atoms with Crippen LogP contribution in [-0.2, 0) is 4.79 Å². The van der Waals surface area contributed by atoms with E-state index in [1.807, 2.05) is 56.3 Å². The molecule has 0 atom stereocenters. The molecule has 0 unspecified atom stereocenters. The average molecular weight is 448 g/mol. The largest absolute Gasteiger partial charge is 0.448 e. The second kappa shape index (κ2) is 8.47. The maximum absolute atomic E-state index is 13.4. The summed E-state index contributed by atoms with van der Waals surface area (Å²) in [6, 6.07) is 13.5. The molecule has 1 amide bonds. The lowest BCUT2D eigenvalue weighted by molar-refractivity contribution is -0.113. The van der Waals surface area contributed by atoms with Crippen molar-refractivity contribution in [1.29, 1.82) is 0 Å². The van der Waals surface area contributed by atoms with Crippen LogP contribution >= 0.6 is 11.8 Å². The van der Waals surface area contributed by atoms with Crippen LogP contribution in [0.2, 0.25) is 0 Å². The van der Waals surface area contributed by atoms with Gasteiger partial charge in [0.1, 0.15) is 11.1 Å². The van der Waals surface area contributed by atoms with E-state index in [-0.39, 0.29) is 23.3 Å². The number of nitrogens with one attached hydrogen (secondary N) is 1. The van der Waals surface area contributed by atoms with E-state index < -0.39 is 0 Å². The molecule has 164 valence electrons. The topological polar surface area (TPSA) is 77.1 Å². The van der Waals surface area contributed by atoms with Crippen molar-refractivity contribution < 1.29 is 9.21 Å². The van der Waals surface area contributed by atoms with Crippen LogP contribution in [0.1, 0.15) is 42.9 Å². The van der Waals surface area contributed by atoms with Gasteiger partial charge in [-0.25, -0.2) is 4.98 Å². The zero-order valence-electron chi connectivity index (χ0n) is 18.2. The minimum Gasteiger partial charge on any atom is -0.448 e. The van der Waals surface area contributed by atoms with E-state index >= 15 is 0 Å². The van der Waals surface area contributed by atoms with Gasteiger partial charge in [0, 0.05) is 17.1 Å². The highest BCUT2D eigenvalue weighted by Gasteiger charge is 2.25. The summed E-state index contributed by atoms with van der Waals surface area (Å²) in [5.41, 5.74) is 4.35. The number of hydrogen-bond donors (Lipinski definition) is 1. The van der Waals surface area contributed by atoms with Crippen molar-refractivity contribution in [2.45, 2.75) is 50.7 Å². The first-order valence-electron chi connectivity index (χ1n) is 11.0. The second-order valence-corrected chi connectivity index (χ2v) is 9.31. The van der Waals surface area contributed by atoms with Crippen molar-refractivity contribution in [2.24, 2.45) is 0 Å². The summed E-state index contributed by atoms with van der Waals surface area (Å²) in [7, 11) is 0. The van der Waals surface area contributed by atoms with Gasteiger partial charge in [-0.1, -0.05) is 48.9 Å². The number of thioether (sulfide) groups is 1. The summed E-state index contributed by atoms with van der Waals surface area (Å²) in [6.45, 7) is 4.02. The first-order valence-corrected chi connectivity index (χ1v) is 11.9. The lowest BCUT2D eigenvalue weighted by Crippen LogP contribution is -2.26. The fourth-order valence-electron chi connectivity index (χ4n) is 4.42. The molecule has 7 heteroatoms. The Morgan fingerprint density at radius 2 is 1.94 bits per heavy atom. The number of fused-ring (bicyclic) bond motifs is 3. The predicted molar refractivity (Wildman–Crippen MR) is 129 cm³/mol. The van der Waals surface area contributed by atoms with E-state index in [4.69, 9.17) is 9.40 Å². The van der Waals surface area contributed by atoms with Gasteiger partial charge in [0.15, 0.2) is 5.16 Å². The Labute approximate surface area is 190 Å². The lowest BCUT2D eigenvalue weighted by atomic mass is 10.1. The molecule has 1 N–H and O–H groups in total. The smallest absolute Gasteiger partial charge is 0.298 e. The van der Waals surface area contributed by atoms with Crippen LogP contribution in [-0.4, -0.2) is 21.2 Å². The molecule has 1 aliphatic rings. The SMILES string of the molecule is Cc1cccc(NC(=O)CSc2nc3c(oc4ccccc43)c(=O)n2C2CCCC2)c1C. The van der Waals surface area contributed by atoms with Gasteiger partial charge in [0.05, 0.1) is 5.75 Å². The molecule has 32 heavy (non-hydrogen) atoms. The number of rotatable bonds is 5. The molecular formula is C25H25N3O3S. The first kappa shape index (κ1) is 20.8. The quantitative estimate of drug-likeness (QED) is 0.318. The molecule has 0 saturated heterocycles. The number of hydrogen-bond acceptors (Lipinski definition) is 5. The highest BCUT2D eigenvalue weighted by molar-refractivity contribution is 7.99. The zero-order chi connectivity index (χ0) is 22.2. The molecule has 1 saturated carbocycles. The van der Waals surface area contributed by atoms with Crippen molar-refractivity contribution in [3.05, 3.63) is 63.9 Å². The van der Waals surface area contributed by atoms with Crippen LogP contribution in [0.5, 0.6) is 0 Å². The Kier molecular flexibility index (Phi) is 5.51. The summed E-state index contributed by atoms with van der Waals surface area (Å²) < 4.78 is 7.64. The van der Waals surface area contributed by atoms with Crippen molar-refractivity contribution in [1.82, 2.24) is 9.55 Å². The number of para-hydroxylation sites is 1. The van der Waals surface area contributed by atoms with E-state index in [2.05, 4.69) is 5.32 Å². The number of carbonyl (C=O) groups is 1. The number of anilines is 1. The standard InChI is InChI=1S/C25H25N3O3S/c1-15-8-7-12-19(16(15)2)26-21(29)14-32-25-27-22-18-11-5-6-13-20(18)31-23(22)24(30)28(25)17-9-3-4-10-17/h5-8,11-13,17H,3-4,9-10,14H2,1-2H3,(H,26,29). The van der Waals surface area contributed by atoms with Crippen LogP contribution in [0.3, 0.4) is 0 Å². The zero-order valence-corrected chi connectivity index (χ0v) is 19.0. The van der Waals surface area contributed by atoms with Gasteiger partial charge in [-0.3, -0.25) is 14.2 Å². The fraction of sp³-hybridized carbons (Fsp3) is 0.320. The maximum atomic E-state index is 13.4. The number of aromatic nitrogens is 2. The van der Waals surface area contributed by atoms with Crippen molar-refractivity contribution in [3.8, 4) is 0 Å². The third kappa shape index (κ3) is 3.71. The molecule has 2 aromatic carbocycles. The molecule has 2 aromatic heterocycles. The molecule has 0 aliphatic heterocycles. The van der Waals surface area contributed by atoms with Gasteiger partial charge in [-0.15, -0.1) is 0 Å². The lowest BCUT2D eigenvalue weighted by Gasteiger charge is -2.17. The summed E-state index contributed by atoms with van der Waals surface area (Å²) in [4.78, 5) is 31.0. The Bertz CT molecular complexity index is 1380. The molecule has 1 fully saturated rings. The average Bonchev–Trinajstić information content (AvgIpc) is 3.44. The first-order chi connectivity index (χ1) is 15.5. The van der Waals surface area contributed by atoms with E-state index in [0.717, 1.165) is 47.9 Å². The molecule has 2 heterocycles. The van der Waals surface area contributed by atoms with Crippen LogP contribution in [0, 0.1) is 13.8 Å². The molecule has 0 radical (unpaired) electrons. The molecule has 6 nitrogen and oxygen atoms in total. The summed E-state index contributed by atoms with van der Waals surface area (Å²) in [5.74, 6) is 0.0569. The van der Waals surface area contributed by atoms with Crippen LogP contribution < -0.4 is 10.9 Å². The Morgan fingerprint density at radius 3 is 2.75 bits per heavy atom. The molecule has 0 spiro atoms. The molecular weight excluding hydrogens is 422 g/mol. The Hall–Kier alpha value is -3.06. The predicted octanol–water partition coefficient (Wildman–Crippen LogP) is 5.61. The minimum absolute atomic E-state index is 0.0946. The van der Waals surface area contributed by atoms with E-state index in [1.54, 1.807) is 4.57 Å². The number of furan rings is 1. The van der Waals surface area contributed by atoms with Gasteiger partial charge < -0.3 is 9.73 Å². The molecule has 1 aliphatic carbocycles. The molecule has 0 bridgehead atoms. The third-order valence-electron chi connectivity index (χ3n) is 6.30. The summed E-state index contributed by atoms with van der Waals surface area (Å²) >= 11 is 1.31. The summed E-state index contributed by atoms with van der Waals surface area (Å²) in [5, 5.41) is 4.39. The van der Waals surface area contributed by atoms with Gasteiger partial charge >= 0.3 is 0 Å². The molecule has 4 aromatic rings. The van der Waals surface area contributed by atoms with Gasteiger partial charge in [-0.05, 0) is 56.0 Å². The number of aryl methyl sites for hydroxylation is 1. The van der Waals surface area contributed by atoms with E-state index in [9.17, 15) is 9.59 Å².